The topological polar surface area (TPSA) is 30.3 Å². The fourth-order valence-corrected chi connectivity index (χ4v) is 2.55. The van der Waals surface area contributed by atoms with Gasteiger partial charge in [-0.05, 0) is 19.1 Å². The van der Waals surface area contributed by atoms with Gasteiger partial charge in [-0.25, -0.2) is 13.5 Å². The summed E-state index contributed by atoms with van der Waals surface area (Å²) >= 11 is 0. The van der Waals surface area contributed by atoms with Crippen LogP contribution in [0.5, 0.6) is 5.88 Å². The number of aromatic nitrogens is 2. The highest BCUT2D eigenvalue weighted by Crippen LogP contribution is 2.35. The van der Waals surface area contributed by atoms with Gasteiger partial charge in [0.15, 0.2) is 0 Å². The number of nitrogens with zero attached hydrogens (tertiary/aromatic N) is 3. The molecule has 2 heterocycles. The van der Waals surface area contributed by atoms with Gasteiger partial charge in [-0.3, -0.25) is 0 Å². The molecule has 0 N–H and O–H groups in total. The number of anilines is 1. The maximum atomic E-state index is 13.8. The Labute approximate surface area is 115 Å². The van der Waals surface area contributed by atoms with Crippen molar-refractivity contribution in [2.24, 2.45) is 7.05 Å². The molecule has 0 fully saturated rings. The quantitative estimate of drug-likeness (QED) is 0.845. The lowest BCUT2D eigenvalue weighted by Gasteiger charge is -2.29. The first kappa shape index (κ1) is 12.9. The summed E-state index contributed by atoms with van der Waals surface area (Å²) in [5.74, 6) is -0.412. The number of benzene rings is 1. The zero-order valence-corrected chi connectivity index (χ0v) is 11.4. The summed E-state index contributed by atoms with van der Waals surface area (Å²) in [4.78, 5) is 1.91. The summed E-state index contributed by atoms with van der Waals surface area (Å²) in [6.07, 6.45) is 0. The average Bonchev–Trinajstić information content (AvgIpc) is 2.71. The van der Waals surface area contributed by atoms with Gasteiger partial charge < -0.3 is 9.64 Å². The van der Waals surface area contributed by atoms with E-state index in [4.69, 9.17) is 4.74 Å². The Hall–Kier alpha value is -2.11. The standard InChI is InChI=1S/C14H15F2N3O/c1-9-13-14(18(2)17-9)20-7-6-19(13)8-10-11(15)4-3-5-12(10)16/h3-5H,6-8H2,1-2H3. The predicted octanol–water partition coefficient (Wildman–Crippen LogP) is 2.41. The van der Waals surface area contributed by atoms with Crippen LogP contribution in [-0.2, 0) is 13.6 Å². The molecule has 1 aromatic carbocycles. The number of halogens is 2. The van der Waals surface area contributed by atoms with Crippen LogP contribution < -0.4 is 9.64 Å². The summed E-state index contributed by atoms with van der Waals surface area (Å²) in [6, 6.07) is 3.92. The second kappa shape index (κ2) is 4.77. The van der Waals surface area contributed by atoms with Crippen molar-refractivity contribution in [1.29, 1.82) is 0 Å². The van der Waals surface area contributed by atoms with Crippen LogP contribution in [0.2, 0.25) is 0 Å². The molecule has 4 nitrogen and oxygen atoms in total. The lowest BCUT2D eigenvalue weighted by molar-refractivity contribution is 0.280. The van der Waals surface area contributed by atoms with Gasteiger partial charge in [-0.15, -0.1) is 0 Å². The van der Waals surface area contributed by atoms with Crippen LogP contribution in [0.15, 0.2) is 18.2 Å². The molecule has 1 aliphatic heterocycles. The third-order valence-electron chi connectivity index (χ3n) is 3.47. The van der Waals surface area contributed by atoms with Gasteiger partial charge in [-0.2, -0.15) is 5.10 Å². The van der Waals surface area contributed by atoms with Crippen molar-refractivity contribution in [2.75, 3.05) is 18.1 Å². The van der Waals surface area contributed by atoms with E-state index < -0.39 is 11.6 Å². The lowest BCUT2D eigenvalue weighted by atomic mass is 10.1. The highest BCUT2D eigenvalue weighted by atomic mass is 19.1. The highest BCUT2D eigenvalue weighted by molar-refractivity contribution is 5.60. The van der Waals surface area contributed by atoms with E-state index in [1.54, 1.807) is 11.7 Å². The van der Waals surface area contributed by atoms with Crippen molar-refractivity contribution in [3.63, 3.8) is 0 Å². The minimum Gasteiger partial charge on any atom is -0.474 e. The van der Waals surface area contributed by atoms with Crippen LogP contribution in [0.3, 0.4) is 0 Å². The summed E-state index contributed by atoms with van der Waals surface area (Å²) in [7, 11) is 1.79. The van der Waals surface area contributed by atoms with Crippen LogP contribution in [-0.4, -0.2) is 22.9 Å². The van der Waals surface area contributed by atoms with Crippen molar-refractivity contribution >= 4 is 5.69 Å². The van der Waals surface area contributed by atoms with Crippen LogP contribution >= 0.6 is 0 Å². The van der Waals surface area contributed by atoms with Gasteiger partial charge >= 0.3 is 0 Å². The first-order valence-corrected chi connectivity index (χ1v) is 6.42. The zero-order chi connectivity index (χ0) is 14.3. The molecule has 0 atom stereocenters. The van der Waals surface area contributed by atoms with Gasteiger partial charge in [-0.1, -0.05) is 6.07 Å². The average molecular weight is 279 g/mol. The Morgan fingerprint density at radius 2 is 2.00 bits per heavy atom. The molecule has 0 radical (unpaired) electrons. The molecule has 1 aromatic heterocycles. The van der Waals surface area contributed by atoms with E-state index in [2.05, 4.69) is 5.10 Å². The molecule has 3 rings (SSSR count). The molecule has 1 aliphatic rings. The zero-order valence-electron chi connectivity index (χ0n) is 11.4. The summed E-state index contributed by atoms with van der Waals surface area (Å²) in [6.45, 7) is 3.08. The Balaban J connectivity index is 1.98. The predicted molar refractivity (Wildman–Crippen MR) is 70.8 cm³/mol. The smallest absolute Gasteiger partial charge is 0.236 e. The normalized spacial score (nSPS) is 14.1. The second-order valence-corrected chi connectivity index (χ2v) is 4.83. The maximum Gasteiger partial charge on any atom is 0.236 e. The molecular formula is C14H15F2N3O. The summed E-state index contributed by atoms with van der Waals surface area (Å²) in [5, 5.41) is 4.29. The van der Waals surface area contributed by atoms with Crippen molar-refractivity contribution < 1.29 is 13.5 Å². The Bertz CT molecular complexity index is 634. The molecule has 2 aromatic rings. The summed E-state index contributed by atoms with van der Waals surface area (Å²) < 4.78 is 34.8. The second-order valence-electron chi connectivity index (χ2n) is 4.83. The van der Waals surface area contributed by atoms with Crippen molar-refractivity contribution in [1.82, 2.24) is 9.78 Å². The van der Waals surface area contributed by atoms with E-state index in [9.17, 15) is 8.78 Å². The summed E-state index contributed by atoms with van der Waals surface area (Å²) in [5.41, 5.74) is 1.67. The van der Waals surface area contributed by atoms with E-state index in [1.807, 2.05) is 11.8 Å². The third kappa shape index (κ3) is 2.01. The Kier molecular flexibility index (Phi) is 3.08. The van der Waals surface area contributed by atoms with Crippen molar-refractivity contribution in [3.8, 4) is 5.88 Å². The van der Waals surface area contributed by atoms with Crippen molar-refractivity contribution in [3.05, 3.63) is 41.1 Å². The molecule has 0 amide bonds. The molecule has 20 heavy (non-hydrogen) atoms. The van der Waals surface area contributed by atoms with E-state index in [1.165, 1.54) is 18.2 Å². The largest absolute Gasteiger partial charge is 0.474 e. The number of ether oxygens (including phenoxy) is 1. The van der Waals surface area contributed by atoms with Crippen LogP contribution in [0.1, 0.15) is 11.3 Å². The SMILES string of the molecule is Cc1nn(C)c2c1N(Cc1c(F)cccc1F)CCO2. The fraction of sp³-hybridized carbons (Fsp3) is 0.357. The van der Waals surface area contributed by atoms with Gasteiger partial charge in [0, 0.05) is 19.2 Å². The molecule has 0 aliphatic carbocycles. The third-order valence-corrected chi connectivity index (χ3v) is 3.47. The number of fused-ring (bicyclic) bond motifs is 1. The number of aryl methyl sites for hydroxylation is 2. The molecule has 0 saturated heterocycles. The molecule has 0 saturated carbocycles. The minimum atomic E-state index is -0.528. The molecule has 0 spiro atoms. The van der Waals surface area contributed by atoms with Gasteiger partial charge in [0.25, 0.3) is 0 Å². The van der Waals surface area contributed by atoms with Crippen LogP contribution in [0, 0.1) is 18.6 Å². The minimum absolute atomic E-state index is 0.0728. The first-order chi connectivity index (χ1) is 9.58. The molecule has 0 bridgehead atoms. The maximum absolute atomic E-state index is 13.8. The first-order valence-electron chi connectivity index (χ1n) is 6.42. The Morgan fingerprint density at radius 1 is 1.30 bits per heavy atom. The molecule has 0 unspecified atom stereocenters. The van der Waals surface area contributed by atoms with E-state index in [0.717, 1.165) is 11.4 Å². The van der Waals surface area contributed by atoms with Crippen molar-refractivity contribution in [2.45, 2.75) is 13.5 Å². The molecular weight excluding hydrogens is 264 g/mol. The number of hydrogen-bond donors (Lipinski definition) is 0. The van der Waals surface area contributed by atoms with Crippen LogP contribution in [0.25, 0.3) is 0 Å². The number of rotatable bonds is 2. The van der Waals surface area contributed by atoms with E-state index in [0.29, 0.717) is 19.0 Å². The Morgan fingerprint density at radius 3 is 2.70 bits per heavy atom. The van der Waals surface area contributed by atoms with Gasteiger partial charge in [0.05, 0.1) is 12.2 Å². The highest BCUT2D eigenvalue weighted by Gasteiger charge is 2.26. The fourth-order valence-electron chi connectivity index (χ4n) is 2.55. The molecule has 6 heteroatoms. The van der Waals surface area contributed by atoms with Gasteiger partial charge in [0.2, 0.25) is 5.88 Å². The monoisotopic (exact) mass is 279 g/mol. The number of hydrogen-bond acceptors (Lipinski definition) is 3. The van der Waals surface area contributed by atoms with E-state index >= 15 is 0 Å². The lowest BCUT2D eigenvalue weighted by Crippen LogP contribution is -2.33. The van der Waals surface area contributed by atoms with Gasteiger partial charge in [0.1, 0.15) is 23.9 Å². The van der Waals surface area contributed by atoms with E-state index in [-0.39, 0.29) is 12.1 Å². The van der Waals surface area contributed by atoms with Crippen LogP contribution in [0.4, 0.5) is 14.5 Å². The molecule has 106 valence electrons.